The molecule has 1 amide bonds. The van der Waals surface area contributed by atoms with E-state index < -0.39 is 41.7 Å². The molecule has 0 aromatic heterocycles. The smallest absolute Gasteiger partial charge is 0.338 e. The van der Waals surface area contributed by atoms with E-state index in [9.17, 15) is 27.6 Å². The minimum atomic E-state index is -1.19. The van der Waals surface area contributed by atoms with E-state index in [-0.39, 0.29) is 29.2 Å². The maximum atomic E-state index is 13.3. The highest BCUT2D eigenvalue weighted by Gasteiger charge is 2.16. The van der Waals surface area contributed by atoms with Crippen molar-refractivity contribution in [3.8, 4) is 11.5 Å². The van der Waals surface area contributed by atoms with Gasteiger partial charge in [-0.1, -0.05) is 0 Å². The second-order valence-corrected chi connectivity index (χ2v) is 6.84. The maximum absolute atomic E-state index is 13.3. The summed E-state index contributed by atoms with van der Waals surface area (Å²) in [5, 5.41) is 2.53. The predicted octanol–water partition coefficient (Wildman–Crippen LogP) is 4.17. The minimum absolute atomic E-state index is 0.0260. The first-order valence-corrected chi connectivity index (χ1v) is 9.78. The highest BCUT2D eigenvalue weighted by Crippen LogP contribution is 2.28. The molecule has 0 radical (unpaired) electrons. The third-order valence-corrected chi connectivity index (χ3v) is 4.46. The number of esters is 1. The van der Waals surface area contributed by atoms with E-state index in [2.05, 4.69) is 5.32 Å². The molecule has 0 aliphatic rings. The molecule has 7 nitrogen and oxygen atoms in total. The van der Waals surface area contributed by atoms with Gasteiger partial charge in [0.25, 0.3) is 5.91 Å². The molecule has 1 N–H and O–H groups in total. The third kappa shape index (κ3) is 6.35. The van der Waals surface area contributed by atoms with Crippen molar-refractivity contribution in [2.45, 2.75) is 0 Å². The Kier molecular flexibility index (Phi) is 7.86. The van der Waals surface area contributed by atoms with Crippen LogP contribution in [0.3, 0.4) is 0 Å². The lowest BCUT2D eigenvalue weighted by Gasteiger charge is -2.12. The molecule has 0 aliphatic carbocycles. The van der Waals surface area contributed by atoms with Crippen LogP contribution < -0.4 is 14.8 Å². The fourth-order valence-corrected chi connectivity index (χ4v) is 2.75. The summed E-state index contributed by atoms with van der Waals surface area (Å²) in [4.78, 5) is 36.4. The van der Waals surface area contributed by atoms with Crippen molar-refractivity contribution in [3.05, 3.63) is 89.2 Å². The van der Waals surface area contributed by atoms with Crippen molar-refractivity contribution in [1.82, 2.24) is 0 Å². The van der Waals surface area contributed by atoms with E-state index in [1.807, 2.05) is 0 Å². The van der Waals surface area contributed by atoms with Crippen LogP contribution in [0.4, 0.5) is 18.9 Å². The fraction of sp³-hybridized carbons (Fsp3) is 0.125. The molecule has 0 spiro atoms. The number of carbonyl (C=O) groups excluding carboxylic acids is 3. The van der Waals surface area contributed by atoms with Gasteiger partial charge in [-0.05, 0) is 60.7 Å². The van der Waals surface area contributed by atoms with E-state index >= 15 is 0 Å². The number of halogens is 3. The van der Waals surface area contributed by atoms with Gasteiger partial charge in [-0.2, -0.15) is 0 Å². The van der Waals surface area contributed by atoms with Crippen molar-refractivity contribution in [2.24, 2.45) is 0 Å². The number of amides is 1. The summed E-state index contributed by atoms with van der Waals surface area (Å²) in [6.45, 7) is -1.08. The van der Waals surface area contributed by atoms with Crippen molar-refractivity contribution in [1.29, 1.82) is 0 Å². The monoisotopic (exact) mass is 473 g/mol. The van der Waals surface area contributed by atoms with Crippen LogP contribution in [0.2, 0.25) is 0 Å². The Morgan fingerprint density at radius 1 is 0.794 bits per heavy atom. The van der Waals surface area contributed by atoms with Crippen molar-refractivity contribution >= 4 is 23.3 Å². The largest absolute Gasteiger partial charge is 0.493 e. The van der Waals surface area contributed by atoms with E-state index in [0.29, 0.717) is 11.8 Å². The standard InChI is InChI=1S/C24H18F3NO6/c1-32-22-11-15(24(31)34-12-20(29)14-2-8-18(26)19(27)10-14)3-9-21(22)33-13-23(30)28-17-6-4-16(25)5-7-17/h2-11H,12-13H2,1H3,(H,28,30). The van der Waals surface area contributed by atoms with Gasteiger partial charge in [0, 0.05) is 11.3 Å². The number of ketones is 1. The van der Waals surface area contributed by atoms with Crippen molar-refractivity contribution < 1.29 is 41.8 Å². The van der Waals surface area contributed by atoms with Gasteiger partial charge in [0.05, 0.1) is 12.7 Å². The van der Waals surface area contributed by atoms with Crippen LogP contribution in [0.5, 0.6) is 11.5 Å². The van der Waals surface area contributed by atoms with Crippen LogP contribution in [-0.2, 0) is 9.53 Å². The van der Waals surface area contributed by atoms with Crippen molar-refractivity contribution in [3.63, 3.8) is 0 Å². The number of anilines is 1. The molecule has 0 saturated carbocycles. The predicted molar refractivity (Wildman–Crippen MR) is 114 cm³/mol. The van der Waals surface area contributed by atoms with Gasteiger partial charge in [-0.3, -0.25) is 9.59 Å². The summed E-state index contributed by atoms with van der Waals surface area (Å²) in [7, 11) is 1.32. The summed E-state index contributed by atoms with van der Waals surface area (Å²) in [6.07, 6.45) is 0. The Morgan fingerprint density at radius 2 is 1.50 bits per heavy atom. The number of hydrogen-bond donors (Lipinski definition) is 1. The SMILES string of the molecule is COc1cc(C(=O)OCC(=O)c2ccc(F)c(F)c2)ccc1OCC(=O)Nc1ccc(F)cc1. The van der Waals surface area contributed by atoms with Gasteiger partial charge >= 0.3 is 5.97 Å². The first-order valence-electron chi connectivity index (χ1n) is 9.78. The normalized spacial score (nSPS) is 10.4. The van der Waals surface area contributed by atoms with Gasteiger partial charge in [0.15, 0.2) is 42.1 Å². The second-order valence-electron chi connectivity index (χ2n) is 6.84. The lowest BCUT2D eigenvalue weighted by molar-refractivity contribution is -0.118. The zero-order valence-electron chi connectivity index (χ0n) is 17.8. The van der Waals surface area contributed by atoms with Crippen LogP contribution in [0.25, 0.3) is 0 Å². The van der Waals surface area contributed by atoms with Gasteiger partial charge in [0.2, 0.25) is 0 Å². The molecule has 0 fully saturated rings. The van der Waals surface area contributed by atoms with Crippen LogP contribution in [0.1, 0.15) is 20.7 Å². The Bertz CT molecular complexity index is 1210. The van der Waals surface area contributed by atoms with Crippen LogP contribution >= 0.6 is 0 Å². The molecule has 3 rings (SSSR count). The molecule has 3 aromatic carbocycles. The Morgan fingerprint density at radius 3 is 2.18 bits per heavy atom. The summed E-state index contributed by atoms with van der Waals surface area (Å²) < 4.78 is 54.7. The number of hydrogen-bond acceptors (Lipinski definition) is 6. The number of nitrogens with one attached hydrogen (secondary N) is 1. The number of methoxy groups -OCH3 is 1. The highest BCUT2D eigenvalue weighted by molar-refractivity contribution is 5.99. The molecule has 0 unspecified atom stereocenters. The van der Waals surface area contributed by atoms with Gasteiger partial charge in [-0.25, -0.2) is 18.0 Å². The molecule has 0 bridgehead atoms. The lowest BCUT2D eigenvalue weighted by atomic mass is 10.1. The summed E-state index contributed by atoms with van der Waals surface area (Å²) in [5.41, 5.74) is 0.267. The average molecular weight is 473 g/mol. The van der Waals surface area contributed by atoms with Crippen molar-refractivity contribution in [2.75, 3.05) is 25.6 Å². The topological polar surface area (TPSA) is 90.9 Å². The number of carbonyl (C=O) groups is 3. The molecule has 0 atom stereocenters. The zero-order chi connectivity index (χ0) is 24.7. The minimum Gasteiger partial charge on any atom is -0.493 e. The van der Waals surface area contributed by atoms with E-state index in [4.69, 9.17) is 14.2 Å². The van der Waals surface area contributed by atoms with Gasteiger partial charge < -0.3 is 19.5 Å². The van der Waals surface area contributed by atoms with E-state index in [1.165, 1.54) is 49.6 Å². The quantitative estimate of drug-likeness (QED) is 0.371. The fourth-order valence-electron chi connectivity index (χ4n) is 2.75. The molecule has 176 valence electrons. The van der Waals surface area contributed by atoms with Gasteiger partial charge in [0.1, 0.15) is 5.82 Å². The number of benzene rings is 3. The zero-order valence-corrected chi connectivity index (χ0v) is 17.8. The Balaban J connectivity index is 1.57. The highest BCUT2D eigenvalue weighted by atomic mass is 19.2. The number of ether oxygens (including phenoxy) is 3. The summed E-state index contributed by atoms with van der Waals surface area (Å²) in [5.74, 6) is -4.54. The summed E-state index contributed by atoms with van der Waals surface area (Å²) in [6, 6.07) is 11.8. The molecule has 0 heterocycles. The molecular formula is C24H18F3NO6. The van der Waals surface area contributed by atoms with E-state index in [1.54, 1.807) is 0 Å². The van der Waals surface area contributed by atoms with Crippen LogP contribution in [0, 0.1) is 17.5 Å². The Labute approximate surface area is 192 Å². The average Bonchev–Trinajstić information content (AvgIpc) is 2.84. The van der Waals surface area contributed by atoms with Crippen LogP contribution in [-0.4, -0.2) is 38.0 Å². The third-order valence-electron chi connectivity index (χ3n) is 4.46. The summed E-state index contributed by atoms with van der Waals surface area (Å²) >= 11 is 0. The molecule has 0 saturated heterocycles. The molecule has 34 heavy (non-hydrogen) atoms. The maximum Gasteiger partial charge on any atom is 0.338 e. The first-order chi connectivity index (χ1) is 16.3. The second kappa shape index (κ2) is 11.0. The van der Waals surface area contributed by atoms with E-state index in [0.717, 1.165) is 12.1 Å². The molecule has 0 aliphatic heterocycles. The van der Waals surface area contributed by atoms with Gasteiger partial charge in [-0.15, -0.1) is 0 Å². The van der Waals surface area contributed by atoms with Crippen LogP contribution in [0.15, 0.2) is 60.7 Å². The number of rotatable bonds is 9. The molecule has 10 heteroatoms. The lowest BCUT2D eigenvalue weighted by Crippen LogP contribution is -2.20. The number of Topliss-reactive ketones (excluding diaryl/α,β-unsaturated/α-hetero) is 1. The molecule has 3 aromatic rings. The first kappa shape index (κ1) is 24.3. The molecular weight excluding hydrogens is 455 g/mol. The Hall–Kier alpha value is -4.34.